The van der Waals surface area contributed by atoms with E-state index in [4.69, 9.17) is 0 Å². The largest absolute Gasteiger partial charge is 0.325 e. The summed E-state index contributed by atoms with van der Waals surface area (Å²) >= 11 is 0. The monoisotopic (exact) mass is 344 g/mol. The van der Waals surface area contributed by atoms with Gasteiger partial charge in [-0.1, -0.05) is 6.07 Å². The summed E-state index contributed by atoms with van der Waals surface area (Å²) in [5, 5.41) is 6.32. The van der Waals surface area contributed by atoms with Gasteiger partial charge < -0.3 is 15.5 Å². The highest BCUT2D eigenvalue weighted by Crippen LogP contribution is 2.24. The zero-order valence-corrected chi connectivity index (χ0v) is 15.1. The minimum atomic E-state index is -0.173. The number of likely N-dealkylation sites (N-methyl/N-ethyl adjacent to an activating group) is 1. The predicted octanol–water partition coefficient (Wildman–Crippen LogP) is 1.82. The van der Waals surface area contributed by atoms with Gasteiger partial charge in [-0.05, 0) is 58.0 Å². The maximum atomic E-state index is 12.6. The Morgan fingerprint density at radius 2 is 2.12 bits per heavy atom. The maximum absolute atomic E-state index is 12.6. The van der Waals surface area contributed by atoms with E-state index in [0.717, 1.165) is 50.3 Å². The number of nitrogens with zero attached hydrogens (tertiary/aromatic N) is 2. The molecule has 2 amide bonds. The van der Waals surface area contributed by atoms with Crippen molar-refractivity contribution in [1.29, 1.82) is 0 Å². The number of nitrogens with one attached hydrogen (secondary N) is 2. The van der Waals surface area contributed by atoms with Gasteiger partial charge in [0.25, 0.3) is 0 Å². The number of carbonyl (C=O) groups is 2. The summed E-state index contributed by atoms with van der Waals surface area (Å²) in [4.78, 5) is 28.6. The van der Waals surface area contributed by atoms with Crippen LogP contribution in [0.5, 0.6) is 0 Å². The number of carbonyl (C=O) groups excluding carboxylic acids is 2. The molecule has 2 saturated heterocycles. The van der Waals surface area contributed by atoms with E-state index in [9.17, 15) is 9.59 Å². The maximum Gasteiger partial charge on any atom is 0.241 e. The van der Waals surface area contributed by atoms with E-state index in [1.807, 2.05) is 38.2 Å². The minimum Gasteiger partial charge on any atom is -0.325 e. The van der Waals surface area contributed by atoms with Gasteiger partial charge >= 0.3 is 0 Å². The second-order valence-corrected chi connectivity index (χ2v) is 6.99. The van der Waals surface area contributed by atoms with Gasteiger partial charge in [-0.15, -0.1) is 0 Å². The molecule has 2 fully saturated rings. The number of hydrogen-bond acceptors (Lipinski definition) is 4. The first-order chi connectivity index (χ1) is 12.1. The van der Waals surface area contributed by atoms with Gasteiger partial charge in [0.2, 0.25) is 11.8 Å². The summed E-state index contributed by atoms with van der Waals surface area (Å²) in [6.45, 7) is 4.57. The van der Waals surface area contributed by atoms with Gasteiger partial charge in [0.1, 0.15) is 0 Å². The van der Waals surface area contributed by atoms with E-state index < -0.39 is 0 Å². The van der Waals surface area contributed by atoms with Crippen LogP contribution in [0.15, 0.2) is 24.3 Å². The Bertz CT molecular complexity index is 634. The van der Waals surface area contributed by atoms with Gasteiger partial charge in [-0.3, -0.25) is 14.5 Å². The Kier molecular flexibility index (Phi) is 5.71. The van der Waals surface area contributed by atoms with Crippen molar-refractivity contribution in [2.24, 2.45) is 0 Å². The zero-order chi connectivity index (χ0) is 17.8. The Balaban J connectivity index is 1.63. The van der Waals surface area contributed by atoms with E-state index in [0.29, 0.717) is 12.5 Å². The first-order valence-corrected chi connectivity index (χ1v) is 9.21. The van der Waals surface area contributed by atoms with Crippen molar-refractivity contribution < 1.29 is 9.59 Å². The average molecular weight is 344 g/mol. The molecule has 3 rings (SSSR count). The van der Waals surface area contributed by atoms with Crippen LogP contribution in [0.2, 0.25) is 0 Å². The third kappa shape index (κ3) is 4.19. The number of benzene rings is 1. The number of likely N-dealkylation sites (tertiary alicyclic amines) is 1. The van der Waals surface area contributed by atoms with Gasteiger partial charge in [-0.2, -0.15) is 0 Å². The lowest BCUT2D eigenvalue weighted by Crippen LogP contribution is -2.51. The lowest BCUT2D eigenvalue weighted by Gasteiger charge is -2.36. The minimum absolute atomic E-state index is 0.00153. The van der Waals surface area contributed by atoms with Crippen LogP contribution in [0.1, 0.15) is 32.6 Å². The van der Waals surface area contributed by atoms with E-state index in [2.05, 4.69) is 15.5 Å². The molecule has 1 aromatic rings. The van der Waals surface area contributed by atoms with Crippen molar-refractivity contribution in [2.75, 3.05) is 36.9 Å². The van der Waals surface area contributed by atoms with Crippen LogP contribution in [-0.2, 0) is 9.59 Å². The van der Waals surface area contributed by atoms with Gasteiger partial charge in [0, 0.05) is 36.9 Å². The highest BCUT2D eigenvalue weighted by Gasteiger charge is 2.27. The third-order valence-electron chi connectivity index (χ3n) is 5.29. The highest BCUT2D eigenvalue weighted by molar-refractivity contribution is 5.98. The van der Waals surface area contributed by atoms with Crippen LogP contribution in [0.3, 0.4) is 0 Å². The normalized spacial score (nSPS) is 22.9. The fourth-order valence-electron chi connectivity index (χ4n) is 3.68. The van der Waals surface area contributed by atoms with E-state index in [1.54, 1.807) is 4.90 Å². The Labute approximate surface area is 149 Å². The van der Waals surface area contributed by atoms with Crippen LogP contribution < -0.4 is 15.5 Å². The zero-order valence-electron chi connectivity index (χ0n) is 15.1. The van der Waals surface area contributed by atoms with Crippen LogP contribution >= 0.6 is 0 Å². The number of hydrogen-bond donors (Lipinski definition) is 2. The molecule has 0 bridgehead atoms. The molecule has 0 aliphatic carbocycles. The summed E-state index contributed by atoms with van der Waals surface area (Å²) in [5.74, 6) is 0.157. The fraction of sp³-hybridized carbons (Fsp3) is 0.579. The molecular formula is C19H28N4O2. The molecule has 2 heterocycles. The summed E-state index contributed by atoms with van der Waals surface area (Å²) in [7, 11) is 1.98. The second-order valence-electron chi connectivity index (χ2n) is 6.99. The lowest BCUT2D eigenvalue weighted by atomic mass is 10.0. The van der Waals surface area contributed by atoms with Crippen molar-refractivity contribution in [3.63, 3.8) is 0 Å². The summed E-state index contributed by atoms with van der Waals surface area (Å²) < 4.78 is 0. The number of piperidine rings is 1. The van der Waals surface area contributed by atoms with E-state index >= 15 is 0 Å². The third-order valence-corrected chi connectivity index (χ3v) is 5.29. The van der Waals surface area contributed by atoms with Crippen LogP contribution in [0.4, 0.5) is 11.4 Å². The molecule has 6 heteroatoms. The SMILES string of the molecule is CNC1CCCN(C(C)C(=O)Nc2cccc(N3CCCC3=O)c2)C1. The second kappa shape index (κ2) is 7.97. The van der Waals surface area contributed by atoms with Crippen molar-refractivity contribution in [1.82, 2.24) is 10.2 Å². The van der Waals surface area contributed by atoms with Crippen LogP contribution in [0, 0.1) is 0 Å². The van der Waals surface area contributed by atoms with Gasteiger partial charge in [0.05, 0.1) is 6.04 Å². The molecule has 0 aromatic heterocycles. The standard InChI is InChI=1S/C19H28N4O2/c1-14(22-10-4-7-16(13-22)20-2)19(25)21-15-6-3-8-17(12-15)23-11-5-9-18(23)24/h3,6,8,12,14,16,20H,4-5,7,9-11,13H2,1-2H3,(H,21,25). The molecule has 1 aromatic carbocycles. The van der Waals surface area contributed by atoms with Crippen LogP contribution in [0.25, 0.3) is 0 Å². The highest BCUT2D eigenvalue weighted by atomic mass is 16.2. The van der Waals surface area contributed by atoms with Gasteiger partial charge in [0.15, 0.2) is 0 Å². The molecule has 2 aliphatic rings. The summed E-state index contributed by atoms with van der Waals surface area (Å²) in [6.07, 6.45) is 3.77. The van der Waals surface area contributed by atoms with Crippen molar-refractivity contribution in [2.45, 2.75) is 44.7 Å². The Morgan fingerprint density at radius 3 is 2.84 bits per heavy atom. The van der Waals surface area contributed by atoms with Gasteiger partial charge in [-0.25, -0.2) is 0 Å². The summed E-state index contributed by atoms with van der Waals surface area (Å²) in [6, 6.07) is 7.85. The van der Waals surface area contributed by atoms with Crippen LogP contribution in [-0.4, -0.2) is 55.5 Å². The molecule has 2 aliphatic heterocycles. The predicted molar refractivity (Wildman–Crippen MR) is 99.8 cm³/mol. The first kappa shape index (κ1) is 17.9. The molecule has 25 heavy (non-hydrogen) atoms. The number of anilines is 2. The fourth-order valence-corrected chi connectivity index (χ4v) is 3.68. The summed E-state index contributed by atoms with van der Waals surface area (Å²) in [5.41, 5.74) is 1.61. The van der Waals surface area contributed by atoms with E-state index in [-0.39, 0.29) is 17.9 Å². The number of rotatable bonds is 5. The molecule has 2 atom stereocenters. The number of amides is 2. The molecule has 0 radical (unpaired) electrons. The lowest BCUT2D eigenvalue weighted by molar-refractivity contribution is -0.121. The van der Waals surface area contributed by atoms with Crippen molar-refractivity contribution in [3.8, 4) is 0 Å². The molecule has 6 nitrogen and oxygen atoms in total. The van der Waals surface area contributed by atoms with Crippen molar-refractivity contribution >= 4 is 23.2 Å². The first-order valence-electron chi connectivity index (χ1n) is 9.21. The molecule has 0 saturated carbocycles. The molecule has 136 valence electrons. The average Bonchev–Trinajstić information content (AvgIpc) is 3.07. The molecular weight excluding hydrogens is 316 g/mol. The Morgan fingerprint density at radius 1 is 1.28 bits per heavy atom. The van der Waals surface area contributed by atoms with E-state index in [1.165, 1.54) is 0 Å². The quantitative estimate of drug-likeness (QED) is 0.855. The topological polar surface area (TPSA) is 64.7 Å². The molecule has 0 spiro atoms. The smallest absolute Gasteiger partial charge is 0.241 e. The van der Waals surface area contributed by atoms with Crippen molar-refractivity contribution in [3.05, 3.63) is 24.3 Å². The molecule has 2 N–H and O–H groups in total. The Hall–Kier alpha value is -1.92. The molecule has 2 unspecified atom stereocenters.